The molecule has 0 bridgehead atoms. The van der Waals surface area contributed by atoms with Crippen molar-refractivity contribution < 1.29 is 18.3 Å². The average molecular weight is 273 g/mol. The molecule has 2 N–H and O–H groups in total. The van der Waals surface area contributed by atoms with E-state index in [1.807, 2.05) is 0 Å². The molecule has 0 aliphatic rings. The van der Waals surface area contributed by atoms with E-state index in [1.54, 1.807) is 19.1 Å². The van der Waals surface area contributed by atoms with E-state index in [9.17, 15) is 13.5 Å². The van der Waals surface area contributed by atoms with Crippen LogP contribution in [0.3, 0.4) is 0 Å². The lowest BCUT2D eigenvalue weighted by atomic mass is 10.1. The zero-order valence-electron chi connectivity index (χ0n) is 10.6. The van der Waals surface area contributed by atoms with Crippen molar-refractivity contribution in [1.82, 2.24) is 4.72 Å². The molecule has 6 heteroatoms. The molecular weight excluding hydrogens is 254 g/mol. The maximum atomic E-state index is 11.7. The summed E-state index contributed by atoms with van der Waals surface area (Å²) in [5, 5.41) is 9.56. The highest BCUT2D eigenvalue weighted by atomic mass is 32.2. The largest absolute Gasteiger partial charge is 0.390 e. The highest BCUT2D eigenvalue weighted by molar-refractivity contribution is 7.89. The highest BCUT2D eigenvalue weighted by Gasteiger charge is 2.12. The van der Waals surface area contributed by atoms with Crippen LogP contribution in [0.4, 0.5) is 0 Å². The van der Waals surface area contributed by atoms with E-state index < -0.39 is 16.1 Å². The van der Waals surface area contributed by atoms with Gasteiger partial charge >= 0.3 is 0 Å². The van der Waals surface area contributed by atoms with Crippen molar-refractivity contribution in [2.75, 3.05) is 20.3 Å². The Balaban J connectivity index is 2.74. The predicted molar refractivity (Wildman–Crippen MR) is 68.9 cm³/mol. The zero-order chi connectivity index (χ0) is 13.6. The number of aliphatic hydroxyl groups is 1. The molecule has 0 radical (unpaired) electrons. The summed E-state index contributed by atoms with van der Waals surface area (Å²) in [7, 11) is -1.88. The summed E-state index contributed by atoms with van der Waals surface area (Å²) in [5.74, 6) is 0. The topological polar surface area (TPSA) is 75.6 Å². The van der Waals surface area contributed by atoms with Gasteiger partial charge in [-0.2, -0.15) is 0 Å². The first-order valence-electron chi connectivity index (χ1n) is 5.75. The lowest BCUT2D eigenvalue weighted by Gasteiger charge is -2.10. The van der Waals surface area contributed by atoms with E-state index >= 15 is 0 Å². The second-order valence-corrected chi connectivity index (χ2v) is 5.73. The van der Waals surface area contributed by atoms with Crippen LogP contribution in [-0.2, 0) is 21.2 Å². The summed E-state index contributed by atoms with van der Waals surface area (Å²) < 4.78 is 30.6. The van der Waals surface area contributed by atoms with Gasteiger partial charge in [-0.1, -0.05) is 19.1 Å². The zero-order valence-corrected chi connectivity index (χ0v) is 11.4. The lowest BCUT2D eigenvalue weighted by Crippen LogP contribution is -2.23. The van der Waals surface area contributed by atoms with Gasteiger partial charge in [-0.05, 0) is 17.7 Å². The van der Waals surface area contributed by atoms with Gasteiger partial charge < -0.3 is 9.84 Å². The van der Waals surface area contributed by atoms with E-state index in [0.29, 0.717) is 13.0 Å². The fourth-order valence-electron chi connectivity index (χ4n) is 1.60. The Hall–Kier alpha value is -0.950. The van der Waals surface area contributed by atoms with Gasteiger partial charge in [-0.25, -0.2) is 13.1 Å². The number of rotatable bonds is 7. The monoisotopic (exact) mass is 273 g/mol. The Kier molecular flexibility index (Phi) is 5.74. The lowest BCUT2D eigenvalue weighted by molar-refractivity contribution is 0.0650. The van der Waals surface area contributed by atoms with Crippen molar-refractivity contribution in [3.63, 3.8) is 0 Å². The number of hydrogen-bond donors (Lipinski definition) is 2. The Morgan fingerprint density at radius 2 is 1.94 bits per heavy atom. The second kappa shape index (κ2) is 6.84. The van der Waals surface area contributed by atoms with Crippen molar-refractivity contribution in [1.29, 1.82) is 0 Å². The Labute approximate surface area is 108 Å². The third-order valence-corrected chi connectivity index (χ3v) is 3.96. The average Bonchev–Trinajstić information content (AvgIpc) is 2.30. The number of methoxy groups -OCH3 is 1. The first-order valence-corrected chi connectivity index (χ1v) is 7.23. The minimum absolute atomic E-state index is 0.231. The number of nitrogens with one attached hydrogen (secondary N) is 1. The number of benzene rings is 1. The molecule has 0 aliphatic heterocycles. The van der Waals surface area contributed by atoms with Crippen LogP contribution in [0.5, 0.6) is 0 Å². The van der Waals surface area contributed by atoms with Gasteiger partial charge in [0.25, 0.3) is 0 Å². The molecule has 0 spiro atoms. The van der Waals surface area contributed by atoms with Crippen molar-refractivity contribution in [2.24, 2.45) is 0 Å². The summed E-state index contributed by atoms with van der Waals surface area (Å²) in [6, 6.07) is 6.46. The molecule has 1 aromatic rings. The maximum Gasteiger partial charge on any atom is 0.240 e. The molecule has 1 unspecified atom stereocenters. The van der Waals surface area contributed by atoms with Gasteiger partial charge in [0, 0.05) is 20.1 Å². The van der Waals surface area contributed by atoms with Crippen molar-refractivity contribution in [3.05, 3.63) is 29.8 Å². The maximum absolute atomic E-state index is 11.7. The van der Waals surface area contributed by atoms with Gasteiger partial charge in [-0.15, -0.1) is 0 Å². The van der Waals surface area contributed by atoms with Crippen LogP contribution in [0.25, 0.3) is 0 Å². The molecule has 0 saturated carbocycles. The van der Waals surface area contributed by atoms with Gasteiger partial charge in [0.1, 0.15) is 0 Å². The number of sulfonamides is 1. The summed E-state index contributed by atoms with van der Waals surface area (Å²) in [6.45, 7) is 2.35. The van der Waals surface area contributed by atoms with Gasteiger partial charge in [0.05, 0.1) is 17.6 Å². The smallest absolute Gasteiger partial charge is 0.240 e. The minimum atomic E-state index is -3.40. The fraction of sp³-hybridized carbons (Fsp3) is 0.500. The Morgan fingerprint density at radius 3 is 2.44 bits per heavy atom. The molecule has 0 aliphatic carbocycles. The van der Waals surface area contributed by atoms with Gasteiger partial charge in [-0.3, -0.25) is 0 Å². The highest BCUT2D eigenvalue weighted by Crippen LogP contribution is 2.11. The first kappa shape index (κ1) is 15.1. The molecule has 18 heavy (non-hydrogen) atoms. The van der Waals surface area contributed by atoms with E-state index in [1.165, 1.54) is 19.2 Å². The molecule has 1 aromatic carbocycles. The van der Waals surface area contributed by atoms with Crippen LogP contribution < -0.4 is 4.72 Å². The van der Waals surface area contributed by atoms with E-state index in [0.717, 1.165) is 5.56 Å². The molecule has 5 nitrogen and oxygen atoms in total. The molecule has 0 heterocycles. The second-order valence-electron chi connectivity index (χ2n) is 3.96. The van der Waals surface area contributed by atoms with Crippen LogP contribution in [0.2, 0.25) is 0 Å². The van der Waals surface area contributed by atoms with Gasteiger partial charge in [0.15, 0.2) is 0 Å². The molecule has 1 rings (SSSR count). The molecule has 1 atom stereocenters. The summed E-state index contributed by atoms with van der Waals surface area (Å²) in [6.07, 6.45) is -0.138. The quantitative estimate of drug-likeness (QED) is 0.760. The Morgan fingerprint density at radius 1 is 1.33 bits per heavy atom. The van der Waals surface area contributed by atoms with Crippen LogP contribution in [0, 0.1) is 0 Å². The Bertz CT molecular complexity index is 455. The molecule has 0 fully saturated rings. The normalized spacial score (nSPS) is 13.5. The molecule has 0 saturated heterocycles. The van der Waals surface area contributed by atoms with Crippen LogP contribution in [-0.4, -0.2) is 39.9 Å². The van der Waals surface area contributed by atoms with Crippen LogP contribution in [0.1, 0.15) is 12.5 Å². The van der Waals surface area contributed by atoms with Crippen molar-refractivity contribution in [3.8, 4) is 0 Å². The minimum Gasteiger partial charge on any atom is -0.390 e. The van der Waals surface area contributed by atoms with Crippen LogP contribution >= 0.6 is 0 Å². The van der Waals surface area contributed by atoms with E-state index in [-0.39, 0.29) is 11.5 Å². The SMILES string of the molecule is CCNS(=O)(=O)c1ccc(CC(O)COC)cc1. The summed E-state index contributed by atoms with van der Waals surface area (Å²) >= 11 is 0. The number of hydrogen-bond acceptors (Lipinski definition) is 4. The van der Waals surface area contributed by atoms with Crippen molar-refractivity contribution >= 4 is 10.0 Å². The third-order valence-electron chi connectivity index (χ3n) is 2.40. The first-order chi connectivity index (χ1) is 8.49. The molecular formula is C12H19NO4S. The van der Waals surface area contributed by atoms with Crippen LogP contribution in [0.15, 0.2) is 29.2 Å². The summed E-state index contributed by atoms with van der Waals surface area (Å²) in [5.41, 5.74) is 0.870. The van der Waals surface area contributed by atoms with Crippen molar-refractivity contribution in [2.45, 2.75) is 24.3 Å². The molecule has 102 valence electrons. The van der Waals surface area contributed by atoms with E-state index in [4.69, 9.17) is 4.74 Å². The predicted octanol–water partition coefficient (Wildman–Crippen LogP) is 0.535. The molecule has 0 aromatic heterocycles. The number of aliphatic hydroxyl groups excluding tert-OH is 1. The fourth-order valence-corrected chi connectivity index (χ4v) is 2.64. The van der Waals surface area contributed by atoms with E-state index in [2.05, 4.69) is 4.72 Å². The number of ether oxygens (including phenoxy) is 1. The third kappa shape index (κ3) is 4.38. The van der Waals surface area contributed by atoms with Gasteiger partial charge in [0.2, 0.25) is 10.0 Å². The summed E-state index contributed by atoms with van der Waals surface area (Å²) in [4.78, 5) is 0.231. The molecule has 0 amide bonds. The standard InChI is InChI=1S/C12H19NO4S/c1-3-13-18(15,16)12-6-4-10(5-7-12)8-11(14)9-17-2/h4-7,11,13-14H,3,8-9H2,1-2H3.